The Hall–Kier alpha value is -1.96. The number of phosphoric ester groups is 1. The summed E-state index contributed by atoms with van der Waals surface area (Å²) in [4.78, 5) is 25.4. The lowest BCUT2D eigenvalue weighted by Gasteiger charge is -2.32. The van der Waals surface area contributed by atoms with Gasteiger partial charge in [0.2, 0.25) is 0 Å². The van der Waals surface area contributed by atoms with Crippen LogP contribution in [-0.2, 0) is 24.8 Å². The van der Waals surface area contributed by atoms with Gasteiger partial charge in [-0.05, 0) is 90.1 Å². The molecule has 9 heteroatoms. The summed E-state index contributed by atoms with van der Waals surface area (Å²) >= 11 is 0. The van der Waals surface area contributed by atoms with Gasteiger partial charge in [-0.1, -0.05) is 43.6 Å². The Morgan fingerprint density at radius 2 is 1.97 bits per heavy atom. The second kappa shape index (κ2) is 12.9. The zero-order chi connectivity index (χ0) is 28.1. The number of phosphoric acid groups is 1. The molecular formula is C29H44NO7P. The third-order valence-corrected chi connectivity index (χ3v) is 8.41. The number of likely N-dealkylation sites (N-methyl/N-ethyl adjacent to an activating group) is 1. The van der Waals surface area contributed by atoms with Crippen LogP contribution in [0.25, 0.3) is 0 Å². The van der Waals surface area contributed by atoms with Crippen molar-refractivity contribution in [2.45, 2.75) is 83.7 Å². The Bertz CT molecular complexity index is 1090. The summed E-state index contributed by atoms with van der Waals surface area (Å²) in [5.41, 5.74) is 2.07. The third-order valence-electron chi connectivity index (χ3n) is 7.32. The number of hydrogen-bond acceptors (Lipinski definition) is 7. The average molecular weight is 550 g/mol. The lowest BCUT2D eigenvalue weighted by molar-refractivity contribution is -0.145. The van der Waals surface area contributed by atoms with Gasteiger partial charge in [0.15, 0.2) is 5.60 Å². The number of aryl methyl sites for hydroxylation is 1. The molecule has 1 aromatic rings. The van der Waals surface area contributed by atoms with Crippen molar-refractivity contribution in [2.75, 3.05) is 27.2 Å². The van der Waals surface area contributed by atoms with E-state index in [1.54, 1.807) is 6.07 Å². The number of phenolic OH excluding ortho intramolecular Hbond substituents is 1. The summed E-state index contributed by atoms with van der Waals surface area (Å²) in [6.45, 7) is 10.8. The van der Waals surface area contributed by atoms with Crippen molar-refractivity contribution in [3.05, 3.63) is 47.1 Å². The Kier molecular flexibility index (Phi) is 10.4. The van der Waals surface area contributed by atoms with E-state index < -0.39 is 19.4 Å². The van der Waals surface area contributed by atoms with Gasteiger partial charge in [-0.2, -0.15) is 0 Å². The minimum atomic E-state index is -4.47. The fourth-order valence-electron chi connectivity index (χ4n) is 4.94. The topological polar surface area (TPSA) is 106 Å². The molecule has 3 atom stereocenters. The molecule has 2 aliphatic carbocycles. The predicted octanol–water partition coefficient (Wildman–Crippen LogP) is 6.27. The molecule has 0 aromatic heterocycles. The van der Waals surface area contributed by atoms with Crippen LogP contribution in [0.4, 0.5) is 0 Å². The first-order valence-corrected chi connectivity index (χ1v) is 15.1. The summed E-state index contributed by atoms with van der Waals surface area (Å²) in [7, 11) is -0.838. The molecule has 0 heterocycles. The van der Waals surface area contributed by atoms with Crippen molar-refractivity contribution in [1.29, 1.82) is 0 Å². The Morgan fingerprint density at radius 1 is 1.26 bits per heavy atom. The number of carbonyl (C=O) groups is 1. The molecule has 2 N–H and O–H groups in total. The number of nitrogens with zero attached hydrogens (tertiary/aromatic N) is 1. The summed E-state index contributed by atoms with van der Waals surface area (Å²) in [6, 6.07) is 3.58. The maximum Gasteiger partial charge on any atom is 0.473 e. The first kappa shape index (κ1) is 30.6. The van der Waals surface area contributed by atoms with Crippen molar-refractivity contribution >= 4 is 13.8 Å². The molecule has 1 saturated carbocycles. The van der Waals surface area contributed by atoms with Crippen molar-refractivity contribution < 1.29 is 33.1 Å². The molecule has 1 fully saturated rings. The minimum Gasteiger partial charge on any atom is -0.507 e. The van der Waals surface area contributed by atoms with Gasteiger partial charge in [0.1, 0.15) is 11.5 Å². The number of carbonyl (C=O) groups excluding carboxylic acids is 1. The van der Waals surface area contributed by atoms with Crippen LogP contribution in [0.15, 0.2) is 35.9 Å². The number of ether oxygens (including phenoxy) is 1. The molecule has 0 aliphatic heterocycles. The highest BCUT2D eigenvalue weighted by atomic mass is 31.2. The van der Waals surface area contributed by atoms with E-state index in [1.165, 1.54) is 5.57 Å². The summed E-state index contributed by atoms with van der Waals surface area (Å²) in [5.74, 6) is -0.530. The van der Waals surface area contributed by atoms with Crippen LogP contribution in [-0.4, -0.2) is 53.7 Å². The molecule has 0 bridgehead atoms. The van der Waals surface area contributed by atoms with Gasteiger partial charge < -0.3 is 19.6 Å². The Labute approximate surface area is 227 Å². The summed E-state index contributed by atoms with van der Waals surface area (Å²) in [5, 5.41) is 11.2. The van der Waals surface area contributed by atoms with Gasteiger partial charge in [-0.25, -0.2) is 9.36 Å². The number of unbranched alkanes of at least 4 members (excludes halogenated alkanes) is 2. The van der Waals surface area contributed by atoms with Gasteiger partial charge in [0.25, 0.3) is 0 Å². The first-order chi connectivity index (χ1) is 17.9. The molecule has 0 radical (unpaired) electrons. The van der Waals surface area contributed by atoms with E-state index >= 15 is 0 Å². The van der Waals surface area contributed by atoms with Gasteiger partial charge in [-0.3, -0.25) is 9.05 Å². The van der Waals surface area contributed by atoms with Gasteiger partial charge >= 0.3 is 13.8 Å². The minimum absolute atomic E-state index is 0.0145. The normalized spacial score (nSPS) is 22.0. The van der Waals surface area contributed by atoms with Gasteiger partial charge in [0, 0.05) is 18.0 Å². The van der Waals surface area contributed by atoms with Crippen molar-refractivity contribution in [3.63, 3.8) is 0 Å². The fraction of sp³-hybridized carbons (Fsp3) is 0.621. The zero-order valence-corrected chi connectivity index (χ0v) is 24.4. The number of phenols is 1. The maximum atomic E-state index is 13.4. The number of benzene rings is 1. The molecular weight excluding hydrogens is 505 g/mol. The number of rotatable bonds is 14. The fourth-order valence-corrected chi connectivity index (χ4v) is 6.01. The molecule has 2 aliphatic rings. The van der Waals surface area contributed by atoms with Crippen LogP contribution < -0.4 is 4.74 Å². The molecule has 1 aromatic carbocycles. The Morgan fingerprint density at radius 3 is 2.58 bits per heavy atom. The quantitative estimate of drug-likeness (QED) is 0.0919. The van der Waals surface area contributed by atoms with Gasteiger partial charge in [-0.15, -0.1) is 0 Å². The summed E-state index contributed by atoms with van der Waals surface area (Å²) < 4.78 is 28.9. The number of hydrogen-bond donors (Lipinski definition) is 2. The molecule has 1 unspecified atom stereocenters. The average Bonchev–Trinajstić information content (AvgIpc) is 3.58. The maximum absolute atomic E-state index is 13.4. The lowest BCUT2D eigenvalue weighted by Crippen LogP contribution is -2.31. The van der Waals surface area contributed by atoms with Gasteiger partial charge in [0.05, 0.1) is 6.61 Å². The number of esters is 1. The molecule has 212 valence electrons. The third kappa shape index (κ3) is 8.03. The van der Waals surface area contributed by atoms with Crippen LogP contribution in [0.3, 0.4) is 0 Å². The van der Waals surface area contributed by atoms with Crippen LogP contribution >= 0.6 is 7.82 Å². The largest absolute Gasteiger partial charge is 0.507 e. The van der Waals surface area contributed by atoms with Crippen molar-refractivity contribution in [3.8, 4) is 11.5 Å². The van der Waals surface area contributed by atoms with E-state index in [4.69, 9.17) is 13.8 Å². The molecule has 8 nitrogen and oxygen atoms in total. The first-order valence-electron chi connectivity index (χ1n) is 13.6. The molecule has 0 saturated heterocycles. The van der Waals surface area contributed by atoms with Crippen LogP contribution in [0.2, 0.25) is 0 Å². The molecule has 0 amide bonds. The van der Waals surface area contributed by atoms with E-state index in [0.29, 0.717) is 12.1 Å². The highest BCUT2D eigenvalue weighted by molar-refractivity contribution is 7.47. The van der Waals surface area contributed by atoms with Crippen LogP contribution in [0.1, 0.15) is 82.8 Å². The van der Waals surface area contributed by atoms with E-state index in [-0.39, 0.29) is 42.8 Å². The summed E-state index contributed by atoms with van der Waals surface area (Å²) in [6.07, 6.45) is 8.26. The highest BCUT2D eigenvalue weighted by Gasteiger charge is 2.58. The van der Waals surface area contributed by atoms with E-state index in [1.807, 2.05) is 32.0 Å². The molecule has 3 rings (SSSR count). The van der Waals surface area contributed by atoms with Crippen LogP contribution in [0, 0.1) is 5.92 Å². The van der Waals surface area contributed by atoms with E-state index in [2.05, 4.69) is 26.5 Å². The molecule has 0 spiro atoms. The van der Waals surface area contributed by atoms with E-state index in [0.717, 1.165) is 49.7 Å². The lowest BCUT2D eigenvalue weighted by atomic mass is 9.73. The van der Waals surface area contributed by atoms with E-state index in [9.17, 15) is 19.4 Å². The number of aromatic hydroxyl groups is 1. The smallest absolute Gasteiger partial charge is 0.473 e. The second-order valence-corrected chi connectivity index (χ2v) is 12.5. The number of allylic oxidation sites excluding steroid dienone is 3. The monoisotopic (exact) mass is 549 g/mol. The van der Waals surface area contributed by atoms with Crippen molar-refractivity contribution in [2.24, 2.45) is 5.92 Å². The molecule has 38 heavy (non-hydrogen) atoms. The predicted molar refractivity (Wildman–Crippen MR) is 148 cm³/mol. The second-order valence-electron chi connectivity index (χ2n) is 11.1. The Balaban J connectivity index is 1.91. The van der Waals surface area contributed by atoms with Crippen molar-refractivity contribution in [1.82, 2.24) is 4.90 Å². The highest BCUT2D eigenvalue weighted by Crippen LogP contribution is 2.56. The van der Waals surface area contributed by atoms with Crippen LogP contribution in [0.5, 0.6) is 11.5 Å². The SMILES string of the molecule is C=C(C)[C@@H]1CCC(C)=C[C@H]1c1c(O)cc(CCCCC)cc1OC(=O)C1(OP(=O)(O)OCCN(C)C)CC1. The zero-order valence-electron chi connectivity index (χ0n) is 23.5. The standard InChI is InChI=1S/C29H44NO7P/c1-7-8-9-10-22-18-25(31)27(24-17-21(4)11-12-23(24)20(2)3)26(19-22)36-28(32)29(13-14-29)37-38(33,34)35-16-15-30(5)6/h17-19,23-24,31H,2,7-16H2,1,3-6H3,(H,33,34)/t23-,24+/m0/s1.